The second kappa shape index (κ2) is 10.2. The maximum Gasteiger partial charge on any atom is 0.240 e. The third-order valence-corrected chi connectivity index (χ3v) is 6.64. The highest BCUT2D eigenvalue weighted by Gasteiger charge is 2.25. The van der Waals surface area contributed by atoms with Gasteiger partial charge in [-0.25, -0.2) is 15.0 Å². The summed E-state index contributed by atoms with van der Waals surface area (Å²) >= 11 is 1.13. The molecule has 0 saturated carbocycles. The van der Waals surface area contributed by atoms with Gasteiger partial charge in [0.1, 0.15) is 22.1 Å². The van der Waals surface area contributed by atoms with Crippen molar-refractivity contribution in [2.45, 2.75) is 6.92 Å². The van der Waals surface area contributed by atoms with Gasteiger partial charge >= 0.3 is 0 Å². The van der Waals surface area contributed by atoms with E-state index in [1.807, 2.05) is 31.2 Å². The van der Waals surface area contributed by atoms with E-state index in [1.54, 1.807) is 30.5 Å². The SMILES string of the molecule is Cc1cccc(C(=O)c2sc(NC(=O)CN3CCN(c4ccccn4)CC3)nc2-c2ccco2)n1. The van der Waals surface area contributed by atoms with Gasteiger partial charge in [-0.05, 0) is 43.3 Å². The Morgan fingerprint density at radius 1 is 1.03 bits per heavy atom. The van der Waals surface area contributed by atoms with Crippen molar-refractivity contribution < 1.29 is 14.0 Å². The van der Waals surface area contributed by atoms with Crippen molar-refractivity contribution in [3.63, 3.8) is 0 Å². The van der Waals surface area contributed by atoms with Crippen LogP contribution in [-0.2, 0) is 4.79 Å². The molecule has 5 rings (SSSR count). The lowest BCUT2D eigenvalue weighted by atomic mass is 10.1. The van der Waals surface area contributed by atoms with Gasteiger partial charge in [0.25, 0.3) is 0 Å². The second-order valence-electron chi connectivity index (χ2n) is 8.17. The molecular weight excluding hydrogens is 464 g/mol. The Morgan fingerprint density at radius 3 is 2.60 bits per heavy atom. The second-order valence-corrected chi connectivity index (χ2v) is 9.17. The lowest BCUT2D eigenvalue weighted by Crippen LogP contribution is -2.48. The van der Waals surface area contributed by atoms with Crippen molar-refractivity contribution in [3.8, 4) is 11.5 Å². The number of anilines is 2. The van der Waals surface area contributed by atoms with Crippen molar-refractivity contribution in [2.75, 3.05) is 42.9 Å². The number of thiazole rings is 1. The normalized spacial score (nSPS) is 14.1. The third-order valence-electron chi connectivity index (χ3n) is 5.67. The number of aryl methyl sites for hydroxylation is 1. The fourth-order valence-electron chi connectivity index (χ4n) is 3.93. The van der Waals surface area contributed by atoms with Crippen LogP contribution in [0.2, 0.25) is 0 Å². The standard InChI is InChI=1S/C25H24N6O3S/c1-17-6-4-7-18(27-17)23(33)24-22(19-8-5-15-34-19)29-25(35-24)28-21(32)16-30-11-13-31(14-12-30)20-9-2-3-10-26-20/h2-10,15H,11-14,16H2,1H3,(H,28,29,32). The Balaban J connectivity index is 1.27. The van der Waals surface area contributed by atoms with Crippen LogP contribution in [0.3, 0.4) is 0 Å². The Kier molecular flexibility index (Phi) is 6.64. The zero-order valence-corrected chi connectivity index (χ0v) is 20.0. The molecule has 0 radical (unpaired) electrons. The molecule has 5 heterocycles. The Morgan fingerprint density at radius 2 is 1.89 bits per heavy atom. The minimum atomic E-state index is -0.260. The van der Waals surface area contributed by atoms with Gasteiger partial charge in [-0.3, -0.25) is 14.5 Å². The number of piperazine rings is 1. The summed E-state index contributed by atoms with van der Waals surface area (Å²) in [6.45, 7) is 5.18. The topological polar surface area (TPSA) is 104 Å². The van der Waals surface area contributed by atoms with Crippen molar-refractivity contribution in [1.82, 2.24) is 19.9 Å². The first-order valence-corrected chi connectivity index (χ1v) is 12.1. The van der Waals surface area contributed by atoms with E-state index < -0.39 is 0 Å². The number of carbonyl (C=O) groups is 2. The summed E-state index contributed by atoms with van der Waals surface area (Å²) in [7, 11) is 0. The minimum absolute atomic E-state index is 0.177. The van der Waals surface area contributed by atoms with Crippen LogP contribution in [0, 0.1) is 6.92 Å². The van der Waals surface area contributed by atoms with Crippen molar-refractivity contribution in [3.05, 3.63) is 77.3 Å². The molecule has 0 unspecified atom stereocenters. The van der Waals surface area contributed by atoms with E-state index in [0.717, 1.165) is 49.0 Å². The summed E-state index contributed by atoms with van der Waals surface area (Å²) in [5.74, 6) is 0.973. The molecule has 0 atom stereocenters. The summed E-state index contributed by atoms with van der Waals surface area (Å²) < 4.78 is 5.50. The molecule has 1 fully saturated rings. The summed E-state index contributed by atoms with van der Waals surface area (Å²) in [4.78, 5) is 43.9. The van der Waals surface area contributed by atoms with Crippen molar-refractivity contribution in [2.24, 2.45) is 0 Å². The number of amides is 1. The average Bonchev–Trinajstić information content (AvgIpc) is 3.55. The summed E-state index contributed by atoms with van der Waals surface area (Å²) in [6.07, 6.45) is 3.31. The summed E-state index contributed by atoms with van der Waals surface area (Å²) in [5.41, 5.74) is 1.47. The number of aromatic nitrogens is 3. The van der Waals surface area contributed by atoms with Crippen LogP contribution in [0.15, 0.2) is 65.4 Å². The van der Waals surface area contributed by atoms with Crippen LogP contribution >= 0.6 is 11.3 Å². The van der Waals surface area contributed by atoms with E-state index >= 15 is 0 Å². The van der Waals surface area contributed by atoms with Crippen LogP contribution < -0.4 is 10.2 Å². The van der Waals surface area contributed by atoms with Gasteiger partial charge in [-0.1, -0.05) is 23.5 Å². The number of pyridine rings is 2. The van der Waals surface area contributed by atoms with Gasteiger partial charge in [0, 0.05) is 38.1 Å². The largest absolute Gasteiger partial charge is 0.463 e. The minimum Gasteiger partial charge on any atom is -0.463 e. The van der Waals surface area contributed by atoms with Gasteiger partial charge in [-0.2, -0.15) is 0 Å². The molecule has 1 N–H and O–H groups in total. The average molecular weight is 489 g/mol. The van der Waals surface area contributed by atoms with Crippen LogP contribution in [-0.4, -0.2) is 64.3 Å². The Bertz CT molecular complexity index is 1310. The van der Waals surface area contributed by atoms with Crippen molar-refractivity contribution in [1.29, 1.82) is 0 Å². The number of rotatable bonds is 7. The molecule has 4 aromatic heterocycles. The fraction of sp³-hybridized carbons (Fsp3) is 0.240. The molecule has 10 heteroatoms. The molecular formula is C25H24N6O3S. The van der Waals surface area contributed by atoms with Crippen molar-refractivity contribution >= 4 is 34.0 Å². The van der Waals surface area contributed by atoms with Crippen LogP contribution in [0.5, 0.6) is 0 Å². The number of hydrogen-bond acceptors (Lipinski definition) is 9. The fourth-order valence-corrected chi connectivity index (χ4v) is 4.87. The molecule has 0 spiro atoms. The predicted octanol–water partition coefficient (Wildman–Crippen LogP) is 3.49. The lowest BCUT2D eigenvalue weighted by molar-refractivity contribution is -0.117. The van der Waals surface area contributed by atoms with Gasteiger partial charge in [0.15, 0.2) is 10.9 Å². The smallest absolute Gasteiger partial charge is 0.240 e. The van der Waals surface area contributed by atoms with E-state index in [4.69, 9.17) is 4.42 Å². The molecule has 1 saturated heterocycles. The number of nitrogens with one attached hydrogen (secondary N) is 1. The van der Waals surface area contributed by atoms with E-state index in [9.17, 15) is 9.59 Å². The first-order chi connectivity index (χ1) is 17.1. The highest BCUT2D eigenvalue weighted by Crippen LogP contribution is 2.33. The van der Waals surface area contributed by atoms with E-state index in [-0.39, 0.29) is 18.2 Å². The molecule has 35 heavy (non-hydrogen) atoms. The monoisotopic (exact) mass is 488 g/mol. The maximum absolute atomic E-state index is 13.2. The number of hydrogen-bond donors (Lipinski definition) is 1. The lowest BCUT2D eigenvalue weighted by Gasteiger charge is -2.34. The molecule has 4 aromatic rings. The molecule has 1 amide bonds. The molecule has 1 aliphatic heterocycles. The zero-order valence-electron chi connectivity index (χ0n) is 19.2. The van der Waals surface area contributed by atoms with E-state index in [2.05, 4.69) is 30.1 Å². The highest BCUT2D eigenvalue weighted by atomic mass is 32.1. The van der Waals surface area contributed by atoms with E-state index in [0.29, 0.717) is 27.2 Å². The Labute approximate surface area is 206 Å². The highest BCUT2D eigenvalue weighted by molar-refractivity contribution is 7.18. The zero-order chi connectivity index (χ0) is 24.2. The number of carbonyl (C=O) groups excluding carboxylic acids is 2. The molecule has 0 aliphatic carbocycles. The summed E-state index contributed by atoms with van der Waals surface area (Å²) in [6, 6.07) is 14.6. The van der Waals surface area contributed by atoms with Gasteiger partial charge in [0.05, 0.1) is 12.8 Å². The van der Waals surface area contributed by atoms with E-state index in [1.165, 1.54) is 6.26 Å². The number of nitrogens with zero attached hydrogens (tertiary/aromatic N) is 5. The van der Waals surface area contributed by atoms with Crippen LogP contribution in [0.4, 0.5) is 10.9 Å². The van der Waals surface area contributed by atoms with Gasteiger partial charge < -0.3 is 14.6 Å². The molecule has 0 bridgehead atoms. The molecule has 0 aromatic carbocycles. The number of ketones is 1. The van der Waals surface area contributed by atoms with Crippen LogP contribution in [0.25, 0.3) is 11.5 Å². The number of furan rings is 1. The molecule has 1 aliphatic rings. The third kappa shape index (κ3) is 5.28. The van der Waals surface area contributed by atoms with Crippen LogP contribution in [0.1, 0.15) is 21.1 Å². The summed E-state index contributed by atoms with van der Waals surface area (Å²) in [5, 5.41) is 3.21. The van der Waals surface area contributed by atoms with Gasteiger partial charge in [-0.15, -0.1) is 0 Å². The predicted molar refractivity (Wildman–Crippen MR) is 134 cm³/mol. The quantitative estimate of drug-likeness (QED) is 0.394. The first kappa shape index (κ1) is 22.9. The van der Waals surface area contributed by atoms with Gasteiger partial charge in [0.2, 0.25) is 11.7 Å². The molecule has 178 valence electrons. The Hall–Kier alpha value is -3.89. The maximum atomic E-state index is 13.2. The molecule has 9 nitrogen and oxygen atoms in total. The first-order valence-electron chi connectivity index (χ1n) is 11.3.